The van der Waals surface area contributed by atoms with Crippen LogP contribution < -0.4 is 4.90 Å². The van der Waals surface area contributed by atoms with Crippen molar-refractivity contribution in [2.75, 3.05) is 4.90 Å². The van der Waals surface area contributed by atoms with Gasteiger partial charge in [0.2, 0.25) is 0 Å². The molecule has 1 heterocycles. The lowest BCUT2D eigenvalue weighted by atomic mass is 9.92. The summed E-state index contributed by atoms with van der Waals surface area (Å²) in [5.74, 6) is 0. The van der Waals surface area contributed by atoms with Gasteiger partial charge in [-0.05, 0) is 97.4 Å². The maximum Gasteiger partial charge on any atom is 0.143 e. The van der Waals surface area contributed by atoms with Crippen LogP contribution in [-0.4, -0.2) is 0 Å². The Morgan fingerprint density at radius 1 is 0.293 bits per heavy atom. The van der Waals surface area contributed by atoms with Gasteiger partial charge >= 0.3 is 0 Å². The highest BCUT2D eigenvalue weighted by Crippen LogP contribution is 2.45. The van der Waals surface area contributed by atoms with Crippen LogP contribution in [0.2, 0.25) is 0 Å². The van der Waals surface area contributed by atoms with Crippen molar-refractivity contribution in [1.29, 1.82) is 0 Å². The lowest BCUT2D eigenvalue weighted by molar-refractivity contribution is 0.670. The number of benzene rings is 10. The van der Waals surface area contributed by atoms with Crippen LogP contribution in [0.4, 0.5) is 17.1 Å². The second-order valence-corrected chi connectivity index (χ2v) is 14.9. The Balaban J connectivity index is 1.08. The van der Waals surface area contributed by atoms with Gasteiger partial charge in [-0.3, -0.25) is 0 Å². The fraction of sp³-hybridized carbons (Fsp3) is 0. The van der Waals surface area contributed by atoms with E-state index in [-0.39, 0.29) is 0 Å². The van der Waals surface area contributed by atoms with Crippen molar-refractivity contribution in [2.24, 2.45) is 0 Å². The zero-order valence-electron chi connectivity index (χ0n) is 31.7. The van der Waals surface area contributed by atoms with E-state index in [0.29, 0.717) is 0 Å². The molecule has 0 N–H and O–H groups in total. The molecular formula is C56H37NO. The molecule has 11 rings (SSSR count). The van der Waals surface area contributed by atoms with Crippen LogP contribution in [-0.2, 0) is 0 Å². The molecule has 2 heteroatoms. The van der Waals surface area contributed by atoms with Crippen molar-refractivity contribution in [3.05, 3.63) is 224 Å². The first-order valence-corrected chi connectivity index (χ1v) is 19.8. The molecule has 272 valence electrons. The van der Waals surface area contributed by atoms with E-state index >= 15 is 0 Å². The van der Waals surface area contributed by atoms with Gasteiger partial charge in [0.25, 0.3) is 0 Å². The van der Waals surface area contributed by atoms with Crippen molar-refractivity contribution >= 4 is 60.5 Å². The molecule has 1 aromatic heterocycles. The number of hydrogen-bond donors (Lipinski definition) is 0. The minimum Gasteiger partial charge on any atom is -0.455 e. The molecule has 0 bridgehead atoms. The molecule has 2 nitrogen and oxygen atoms in total. The number of nitrogens with zero attached hydrogens (tertiary/aromatic N) is 1. The molecule has 0 saturated carbocycles. The number of hydrogen-bond acceptors (Lipinski definition) is 2. The molecule has 11 aromatic rings. The number of anilines is 3. The monoisotopic (exact) mass is 739 g/mol. The Kier molecular flexibility index (Phi) is 8.19. The lowest BCUT2D eigenvalue weighted by Gasteiger charge is -2.29. The Bertz CT molecular complexity index is 3290. The van der Waals surface area contributed by atoms with E-state index in [1.807, 2.05) is 12.1 Å². The largest absolute Gasteiger partial charge is 0.455 e. The summed E-state index contributed by atoms with van der Waals surface area (Å²) in [6.07, 6.45) is 0. The molecule has 0 aliphatic rings. The van der Waals surface area contributed by atoms with E-state index in [2.05, 4.69) is 217 Å². The van der Waals surface area contributed by atoms with Gasteiger partial charge in [0.1, 0.15) is 11.2 Å². The number of rotatable bonds is 7. The fourth-order valence-electron chi connectivity index (χ4n) is 8.70. The highest BCUT2D eigenvalue weighted by Gasteiger charge is 2.20. The zero-order chi connectivity index (χ0) is 38.4. The van der Waals surface area contributed by atoms with Gasteiger partial charge in [-0.25, -0.2) is 0 Å². The normalized spacial score (nSPS) is 11.4. The quantitative estimate of drug-likeness (QED) is 0.162. The van der Waals surface area contributed by atoms with Crippen molar-refractivity contribution in [1.82, 2.24) is 0 Å². The molecule has 0 fully saturated rings. The Labute approximate surface area is 337 Å². The number of para-hydroxylation sites is 3. The van der Waals surface area contributed by atoms with Gasteiger partial charge in [0.05, 0.1) is 5.69 Å². The molecule has 0 saturated heterocycles. The third-order valence-corrected chi connectivity index (χ3v) is 11.5. The van der Waals surface area contributed by atoms with Gasteiger partial charge in [-0.1, -0.05) is 182 Å². The van der Waals surface area contributed by atoms with Crippen molar-refractivity contribution in [2.45, 2.75) is 0 Å². The molecule has 58 heavy (non-hydrogen) atoms. The standard InChI is InChI=1S/C56H37NO/c1-2-16-41-36-43(31-30-38(41)14-1)48-22-6-5-21-47(48)42-18-11-19-45(37-42)57(54-28-9-7-23-51(54)50-26-12-17-39-15-3-4-20-46(39)50)44-34-32-40(33-35-44)49-25-13-27-53-52-24-8-10-29-55(52)58-56(49)53/h1-37H. The van der Waals surface area contributed by atoms with Crippen LogP contribution in [0.15, 0.2) is 229 Å². The van der Waals surface area contributed by atoms with Crippen LogP contribution in [0.5, 0.6) is 0 Å². The van der Waals surface area contributed by atoms with Crippen LogP contribution in [0, 0.1) is 0 Å². The van der Waals surface area contributed by atoms with Crippen molar-refractivity contribution in [3.8, 4) is 44.5 Å². The van der Waals surface area contributed by atoms with Gasteiger partial charge in [0, 0.05) is 33.3 Å². The van der Waals surface area contributed by atoms with Crippen LogP contribution in [0.3, 0.4) is 0 Å². The predicted octanol–water partition coefficient (Wildman–Crippen LogP) is 16.0. The minimum atomic E-state index is 0.903. The van der Waals surface area contributed by atoms with Gasteiger partial charge in [0.15, 0.2) is 0 Å². The van der Waals surface area contributed by atoms with E-state index in [0.717, 1.165) is 61.3 Å². The maximum atomic E-state index is 6.46. The summed E-state index contributed by atoms with van der Waals surface area (Å²) in [6.45, 7) is 0. The number of fused-ring (bicyclic) bond motifs is 5. The summed E-state index contributed by atoms with van der Waals surface area (Å²) in [5, 5.41) is 7.19. The van der Waals surface area contributed by atoms with Crippen molar-refractivity contribution in [3.63, 3.8) is 0 Å². The van der Waals surface area contributed by atoms with Crippen LogP contribution in [0.1, 0.15) is 0 Å². The van der Waals surface area contributed by atoms with Crippen LogP contribution >= 0.6 is 0 Å². The molecule has 0 unspecified atom stereocenters. The first-order valence-electron chi connectivity index (χ1n) is 19.8. The molecular weight excluding hydrogens is 703 g/mol. The lowest BCUT2D eigenvalue weighted by Crippen LogP contribution is -2.11. The second kappa shape index (κ2) is 14.1. The summed E-state index contributed by atoms with van der Waals surface area (Å²) in [5.41, 5.74) is 14.4. The summed E-state index contributed by atoms with van der Waals surface area (Å²) in [7, 11) is 0. The zero-order valence-corrected chi connectivity index (χ0v) is 31.7. The summed E-state index contributed by atoms with van der Waals surface area (Å²) < 4.78 is 6.46. The fourth-order valence-corrected chi connectivity index (χ4v) is 8.70. The van der Waals surface area contributed by atoms with E-state index < -0.39 is 0 Å². The van der Waals surface area contributed by atoms with Gasteiger partial charge in [-0.15, -0.1) is 0 Å². The molecule has 0 radical (unpaired) electrons. The smallest absolute Gasteiger partial charge is 0.143 e. The first-order chi connectivity index (χ1) is 28.8. The van der Waals surface area contributed by atoms with E-state index in [1.165, 1.54) is 43.8 Å². The maximum absolute atomic E-state index is 6.46. The average molecular weight is 740 g/mol. The van der Waals surface area contributed by atoms with Crippen molar-refractivity contribution < 1.29 is 4.42 Å². The second-order valence-electron chi connectivity index (χ2n) is 14.9. The van der Waals surface area contributed by atoms with E-state index in [4.69, 9.17) is 4.42 Å². The summed E-state index contributed by atoms with van der Waals surface area (Å²) >= 11 is 0. The molecule has 0 aliphatic heterocycles. The Hall–Kier alpha value is -7.68. The van der Waals surface area contributed by atoms with Gasteiger partial charge < -0.3 is 9.32 Å². The van der Waals surface area contributed by atoms with E-state index in [9.17, 15) is 0 Å². The molecule has 0 atom stereocenters. The highest BCUT2D eigenvalue weighted by atomic mass is 16.3. The Morgan fingerprint density at radius 3 is 1.71 bits per heavy atom. The highest BCUT2D eigenvalue weighted by molar-refractivity contribution is 6.09. The van der Waals surface area contributed by atoms with Crippen LogP contribution in [0.25, 0.3) is 88.0 Å². The first kappa shape index (κ1) is 33.6. The SMILES string of the molecule is c1cc(-c2ccccc2-c2ccc3ccccc3c2)cc(N(c2ccc(-c3cccc4c3oc3ccccc34)cc2)c2ccccc2-c2cccc3ccccc23)c1. The molecule has 0 aliphatic carbocycles. The molecule has 0 amide bonds. The van der Waals surface area contributed by atoms with E-state index in [1.54, 1.807) is 0 Å². The molecule has 0 spiro atoms. The topological polar surface area (TPSA) is 16.4 Å². The summed E-state index contributed by atoms with van der Waals surface area (Å²) in [4.78, 5) is 2.41. The van der Waals surface area contributed by atoms with Gasteiger partial charge in [-0.2, -0.15) is 0 Å². The third-order valence-electron chi connectivity index (χ3n) is 11.5. The average Bonchev–Trinajstić information content (AvgIpc) is 3.68. The third kappa shape index (κ3) is 5.82. The summed E-state index contributed by atoms with van der Waals surface area (Å²) in [6, 6.07) is 80.8. The predicted molar refractivity (Wildman–Crippen MR) is 245 cm³/mol. The number of furan rings is 1. The minimum absolute atomic E-state index is 0.903. The Morgan fingerprint density at radius 2 is 0.862 bits per heavy atom. The molecule has 10 aromatic carbocycles.